The van der Waals surface area contributed by atoms with Gasteiger partial charge in [-0.3, -0.25) is 9.67 Å². The number of aliphatic imine (C=N–C) groups is 1. The number of ether oxygens (including phenoxy) is 1. The molecule has 1 aromatic heterocycles. The molecule has 2 N–H and O–H groups in total. The van der Waals surface area contributed by atoms with E-state index in [1.54, 1.807) is 19.2 Å². The SMILES string of the molecule is CN=C(NCCCc1cnn(C)c1)NCC(C)Oc1cccc(F)c1.I. The maximum atomic E-state index is 13.2. The van der Waals surface area contributed by atoms with Crippen LogP contribution in [0.4, 0.5) is 4.39 Å². The summed E-state index contributed by atoms with van der Waals surface area (Å²) in [4.78, 5) is 4.19. The van der Waals surface area contributed by atoms with Crippen molar-refractivity contribution in [3.63, 3.8) is 0 Å². The summed E-state index contributed by atoms with van der Waals surface area (Å²) in [6.45, 7) is 3.31. The highest BCUT2D eigenvalue weighted by Gasteiger charge is 2.06. The first-order chi connectivity index (χ1) is 12.1. The van der Waals surface area contributed by atoms with Crippen LogP contribution in [0.3, 0.4) is 0 Å². The largest absolute Gasteiger partial charge is 0.489 e. The molecule has 0 radical (unpaired) electrons. The van der Waals surface area contributed by atoms with Crippen molar-refractivity contribution in [3.8, 4) is 5.75 Å². The normalized spacial score (nSPS) is 12.2. The van der Waals surface area contributed by atoms with E-state index < -0.39 is 0 Å². The maximum Gasteiger partial charge on any atom is 0.191 e. The number of hydrogen-bond donors (Lipinski definition) is 2. The molecule has 8 heteroatoms. The van der Waals surface area contributed by atoms with Crippen molar-refractivity contribution in [1.29, 1.82) is 0 Å². The maximum absolute atomic E-state index is 13.2. The van der Waals surface area contributed by atoms with Gasteiger partial charge in [0.2, 0.25) is 0 Å². The third-order valence-electron chi connectivity index (χ3n) is 3.61. The predicted octanol–water partition coefficient (Wildman–Crippen LogP) is 2.74. The van der Waals surface area contributed by atoms with Crippen LogP contribution in [0.2, 0.25) is 0 Å². The Morgan fingerprint density at radius 1 is 1.38 bits per heavy atom. The van der Waals surface area contributed by atoms with E-state index in [2.05, 4.69) is 20.7 Å². The lowest BCUT2D eigenvalue weighted by Gasteiger charge is -2.17. The van der Waals surface area contributed by atoms with Gasteiger partial charge >= 0.3 is 0 Å². The lowest BCUT2D eigenvalue weighted by atomic mass is 10.2. The summed E-state index contributed by atoms with van der Waals surface area (Å²) in [5.74, 6) is 0.943. The molecule has 1 atom stereocenters. The van der Waals surface area contributed by atoms with E-state index in [0.717, 1.165) is 25.3 Å². The van der Waals surface area contributed by atoms with Crippen molar-refractivity contribution < 1.29 is 9.13 Å². The number of benzene rings is 1. The summed E-state index contributed by atoms with van der Waals surface area (Å²) in [6.07, 6.45) is 5.76. The van der Waals surface area contributed by atoms with Crippen LogP contribution >= 0.6 is 24.0 Å². The quantitative estimate of drug-likeness (QED) is 0.267. The van der Waals surface area contributed by atoms with E-state index in [1.165, 1.54) is 17.7 Å². The molecule has 1 heterocycles. The number of rotatable bonds is 8. The molecule has 0 saturated heterocycles. The average molecular weight is 475 g/mol. The van der Waals surface area contributed by atoms with Crippen LogP contribution in [0.1, 0.15) is 18.9 Å². The minimum Gasteiger partial charge on any atom is -0.489 e. The van der Waals surface area contributed by atoms with Gasteiger partial charge in [0.15, 0.2) is 5.96 Å². The van der Waals surface area contributed by atoms with Gasteiger partial charge in [-0.25, -0.2) is 4.39 Å². The van der Waals surface area contributed by atoms with Crippen molar-refractivity contribution in [2.24, 2.45) is 12.0 Å². The monoisotopic (exact) mass is 475 g/mol. The van der Waals surface area contributed by atoms with Crippen LogP contribution in [-0.2, 0) is 13.5 Å². The number of hydrogen-bond acceptors (Lipinski definition) is 3. The fourth-order valence-corrected chi connectivity index (χ4v) is 2.38. The second-order valence-corrected chi connectivity index (χ2v) is 5.89. The molecule has 144 valence electrons. The fraction of sp³-hybridized carbons (Fsp3) is 0.444. The second-order valence-electron chi connectivity index (χ2n) is 5.89. The smallest absolute Gasteiger partial charge is 0.191 e. The van der Waals surface area contributed by atoms with E-state index in [-0.39, 0.29) is 35.9 Å². The first-order valence-electron chi connectivity index (χ1n) is 8.41. The zero-order valence-corrected chi connectivity index (χ0v) is 17.7. The first-order valence-corrected chi connectivity index (χ1v) is 8.41. The first kappa shape index (κ1) is 22.2. The molecule has 2 rings (SSSR count). The van der Waals surface area contributed by atoms with Gasteiger partial charge in [0.1, 0.15) is 17.7 Å². The van der Waals surface area contributed by atoms with Crippen molar-refractivity contribution in [2.75, 3.05) is 20.1 Å². The van der Waals surface area contributed by atoms with Crippen molar-refractivity contribution >= 4 is 29.9 Å². The van der Waals surface area contributed by atoms with E-state index in [1.807, 2.05) is 31.0 Å². The van der Waals surface area contributed by atoms with Gasteiger partial charge in [-0.15, -0.1) is 24.0 Å². The van der Waals surface area contributed by atoms with E-state index in [0.29, 0.717) is 12.3 Å². The Labute approximate surface area is 171 Å². The zero-order chi connectivity index (χ0) is 18.1. The molecule has 0 amide bonds. The van der Waals surface area contributed by atoms with Crippen molar-refractivity contribution in [2.45, 2.75) is 25.9 Å². The molecule has 1 unspecified atom stereocenters. The lowest BCUT2D eigenvalue weighted by molar-refractivity contribution is 0.223. The van der Waals surface area contributed by atoms with Crippen molar-refractivity contribution in [3.05, 3.63) is 48.0 Å². The third-order valence-corrected chi connectivity index (χ3v) is 3.61. The van der Waals surface area contributed by atoms with Gasteiger partial charge in [-0.1, -0.05) is 6.07 Å². The van der Waals surface area contributed by atoms with Crippen LogP contribution < -0.4 is 15.4 Å². The van der Waals surface area contributed by atoms with Gasteiger partial charge in [-0.05, 0) is 37.5 Å². The Bertz CT molecular complexity index is 692. The zero-order valence-electron chi connectivity index (χ0n) is 15.4. The van der Waals surface area contributed by atoms with Gasteiger partial charge in [0.25, 0.3) is 0 Å². The number of guanidine groups is 1. The van der Waals surface area contributed by atoms with Crippen LogP contribution in [0.15, 0.2) is 41.7 Å². The molecular formula is C18H27FIN5O. The third kappa shape index (κ3) is 8.03. The van der Waals surface area contributed by atoms with Gasteiger partial charge in [-0.2, -0.15) is 5.10 Å². The fourth-order valence-electron chi connectivity index (χ4n) is 2.38. The standard InChI is InChI=1S/C18H26FN5O.HI/c1-14(25-17-8-4-7-16(19)10-17)11-22-18(20-2)21-9-5-6-15-12-23-24(3)13-15;/h4,7-8,10,12-14H,5-6,9,11H2,1-3H3,(H2,20,21,22);1H. The Morgan fingerprint density at radius 2 is 2.19 bits per heavy atom. The van der Waals surface area contributed by atoms with Crippen LogP contribution in [-0.4, -0.2) is 42.0 Å². The summed E-state index contributed by atoms with van der Waals surface area (Å²) in [5.41, 5.74) is 1.23. The van der Waals surface area contributed by atoms with Crippen molar-refractivity contribution in [1.82, 2.24) is 20.4 Å². The highest BCUT2D eigenvalue weighted by atomic mass is 127. The van der Waals surface area contributed by atoms with E-state index in [4.69, 9.17) is 4.74 Å². The van der Waals surface area contributed by atoms with Crippen LogP contribution in [0, 0.1) is 5.82 Å². The molecule has 2 aromatic rings. The number of halogens is 2. The summed E-state index contributed by atoms with van der Waals surface area (Å²) < 4.78 is 20.6. The minimum absolute atomic E-state index is 0. The van der Waals surface area contributed by atoms with Gasteiger partial charge in [0.05, 0.1) is 12.7 Å². The molecule has 6 nitrogen and oxygen atoms in total. The molecule has 0 saturated carbocycles. The average Bonchev–Trinajstić information content (AvgIpc) is 2.99. The van der Waals surface area contributed by atoms with E-state index in [9.17, 15) is 4.39 Å². The Hall–Kier alpha value is -1.84. The van der Waals surface area contributed by atoms with Gasteiger partial charge < -0.3 is 15.4 Å². The molecule has 0 fully saturated rings. The molecule has 0 aliphatic rings. The summed E-state index contributed by atoms with van der Waals surface area (Å²) >= 11 is 0. The molecule has 26 heavy (non-hydrogen) atoms. The van der Waals surface area contributed by atoms with E-state index >= 15 is 0 Å². The Balaban J connectivity index is 0.00000338. The number of nitrogens with zero attached hydrogens (tertiary/aromatic N) is 3. The topological polar surface area (TPSA) is 63.5 Å². The summed E-state index contributed by atoms with van der Waals surface area (Å²) in [7, 11) is 3.65. The Kier molecular flexibility index (Phi) is 10.0. The molecule has 0 spiro atoms. The predicted molar refractivity (Wildman–Crippen MR) is 113 cm³/mol. The number of nitrogens with one attached hydrogen (secondary N) is 2. The molecule has 0 aliphatic heterocycles. The summed E-state index contributed by atoms with van der Waals surface area (Å²) in [6, 6.07) is 6.15. The Morgan fingerprint density at radius 3 is 2.85 bits per heavy atom. The molecule has 1 aromatic carbocycles. The summed E-state index contributed by atoms with van der Waals surface area (Å²) in [5, 5.41) is 10.6. The lowest BCUT2D eigenvalue weighted by Crippen LogP contribution is -2.42. The molecular weight excluding hydrogens is 448 g/mol. The number of aromatic nitrogens is 2. The van der Waals surface area contributed by atoms with Crippen LogP contribution in [0.25, 0.3) is 0 Å². The molecule has 0 aliphatic carbocycles. The minimum atomic E-state index is -0.302. The number of aryl methyl sites for hydroxylation is 2. The molecule has 0 bridgehead atoms. The van der Waals surface area contributed by atoms with Gasteiger partial charge in [0, 0.05) is 32.9 Å². The van der Waals surface area contributed by atoms with Crippen LogP contribution in [0.5, 0.6) is 5.75 Å². The highest BCUT2D eigenvalue weighted by molar-refractivity contribution is 14.0. The highest BCUT2D eigenvalue weighted by Crippen LogP contribution is 2.13. The second kappa shape index (κ2) is 11.7.